The standard InChI is InChI=1S/C11H20N2O10S2/c1-3-10(14)21-5-4-12-11(15)22-8-6-20-7-9-23-25(18,19)13-24(2,16)17/h3,13H,1,4-9H2,2H3,(H,12,15). The van der Waals surface area contributed by atoms with Gasteiger partial charge in [0.1, 0.15) is 13.2 Å². The summed E-state index contributed by atoms with van der Waals surface area (Å²) in [5.41, 5.74) is 0. The number of sulfonamides is 1. The zero-order chi connectivity index (χ0) is 19.3. The van der Waals surface area contributed by atoms with E-state index in [9.17, 15) is 26.4 Å². The van der Waals surface area contributed by atoms with Crippen LogP contribution in [0, 0.1) is 0 Å². The van der Waals surface area contributed by atoms with E-state index in [1.165, 1.54) is 4.13 Å². The number of carbonyl (C=O) groups is 2. The molecule has 0 aromatic heterocycles. The lowest BCUT2D eigenvalue weighted by molar-refractivity contribution is -0.137. The molecular weight excluding hydrogens is 384 g/mol. The lowest BCUT2D eigenvalue weighted by Crippen LogP contribution is -2.32. The van der Waals surface area contributed by atoms with Gasteiger partial charge in [-0.2, -0.15) is 8.42 Å². The average molecular weight is 404 g/mol. The molecule has 0 radical (unpaired) electrons. The van der Waals surface area contributed by atoms with Crippen molar-refractivity contribution in [1.82, 2.24) is 9.44 Å². The normalized spacial score (nSPS) is 11.6. The summed E-state index contributed by atoms with van der Waals surface area (Å²) in [7, 11) is -8.38. The second-order valence-corrected chi connectivity index (χ2v) is 7.53. The van der Waals surface area contributed by atoms with Crippen LogP contribution in [0.1, 0.15) is 0 Å². The molecular formula is C11H20N2O10S2. The van der Waals surface area contributed by atoms with Gasteiger partial charge in [-0.1, -0.05) is 10.7 Å². The number of hydrogen-bond donors (Lipinski definition) is 2. The molecule has 146 valence electrons. The van der Waals surface area contributed by atoms with Crippen LogP contribution >= 0.6 is 0 Å². The van der Waals surface area contributed by atoms with Gasteiger partial charge in [-0.05, 0) is 0 Å². The van der Waals surface area contributed by atoms with Crippen LogP contribution in [0.2, 0.25) is 0 Å². The first-order valence-corrected chi connectivity index (χ1v) is 10.0. The smallest absolute Gasteiger partial charge is 0.407 e. The van der Waals surface area contributed by atoms with Gasteiger partial charge in [0.05, 0.1) is 32.6 Å². The molecule has 0 atom stereocenters. The molecule has 0 fully saturated rings. The number of nitrogens with one attached hydrogen (secondary N) is 2. The quantitative estimate of drug-likeness (QED) is 0.205. The van der Waals surface area contributed by atoms with Gasteiger partial charge in [-0.25, -0.2) is 18.0 Å². The van der Waals surface area contributed by atoms with Gasteiger partial charge < -0.3 is 19.5 Å². The number of rotatable bonds is 13. The number of alkyl carbamates (subject to hydrolysis) is 1. The van der Waals surface area contributed by atoms with Crippen LogP contribution in [0.4, 0.5) is 4.79 Å². The van der Waals surface area contributed by atoms with E-state index in [0.717, 1.165) is 6.08 Å². The fourth-order valence-corrected chi connectivity index (χ4v) is 3.09. The van der Waals surface area contributed by atoms with Gasteiger partial charge in [-0.15, -0.1) is 0 Å². The van der Waals surface area contributed by atoms with E-state index in [2.05, 4.69) is 20.8 Å². The van der Waals surface area contributed by atoms with E-state index < -0.39 is 39.0 Å². The van der Waals surface area contributed by atoms with Crippen LogP contribution < -0.4 is 9.44 Å². The van der Waals surface area contributed by atoms with Gasteiger partial charge >= 0.3 is 22.4 Å². The monoisotopic (exact) mass is 404 g/mol. The van der Waals surface area contributed by atoms with Crippen molar-refractivity contribution in [3.63, 3.8) is 0 Å². The first-order valence-electron chi connectivity index (χ1n) is 6.71. The molecule has 0 unspecified atom stereocenters. The maximum atomic E-state index is 11.2. The molecule has 0 heterocycles. The van der Waals surface area contributed by atoms with Crippen molar-refractivity contribution in [3.8, 4) is 0 Å². The Kier molecular flexibility index (Phi) is 10.9. The Morgan fingerprint density at radius 3 is 2.24 bits per heavy atom. The van der Waals surface area contributed by atoms with Crippen molar-refractivity contribution in [2.45, 2.75) is 0 Å². The second kappa shape index (κ2) is 11.8. The highest BCUT2D eigenvalue weighted by Gasteiger charge is 2.16. The van der Waals surface area contributed by atoms with Crippen LogP contribution in [-0.2, 0) is 43.5 Å². The summed E-state index contributed by atoms with van der Waals surface area (Å²) < 4.78 is 63.6. The number of hydrogen-bond acceptors (Lipinski definition) is 10. The maximum Gasteiger partial charge on any atom is 0.407 e. The molecule has 0 spiro atoms. The Morgan fingerprint density at radius 2 is 1.64 bits per heavy atom. The van der Waals surface area contributed by atoms with Crippen molar-refractivity contribution in [3.05, 3.63) is 12.7 Å². The highest BCUT2D eigenvalue weighted by molar-refractivity contribution is 8.02. The molecule has 25 heavy (non-hydrogen) atoms. The molecule has 2 N–H and O–H groups in total. The molecule has 0 aromatic rings. The van der Waals surface area contributed by atoms with Crippen LogP contribution in [0.15, 0.2) is 12.7 Å². The molecule has 0 saturated heterocycles. The predicted octanol–water partition coefficient (Wildman–Crippen LogP) is -1.73. The Labute approximate surface area is 145 Å². The van der Waals surface area contributed by atoms with E-state index in [1.807, 2.05) is 0 Å². The minimum atomic E-state index is -4.42. The summed E-state index contributed by atoms with van der Waals surface area (Å²) >= 11 is 0. The fraction of sp³-hybridized carbons (Fsp3) is 0.636. The van der Waals surface area contributed by atoms with Crippen LogP contribution in [-0.4, -0.2) is 74.7 Å². The molecule has 0 aliphatic heterocycles. The van der Waals surface area contributed by atoms with Gasteiger partial charge in [0.2, 0.25) is 10.0 Å². The zero-order valence-electron chi connectivity index (χ0n) is 13.4. The molecule has 0 bridgehead atoms. The van der Waals surface area contributed by atoms with Crippen molar-refractivity contribution in [2.75, 3.05) is 45.8 Å². The van der Waals surface area contributed by atoms with Crippen molar-refractivity contribution >= 4 is 32.4 Å². The van der Waals surface area contributed by atoms with E-state index in [0.29, 0.717) is 6.26 Å². The van der Waals surface area contributed by atoms with E-state index in [-0.39, 0.29) is 33.0 Å². The third-order valence-corrected chi connectivity index (χ3v) is 4.47. The largest absolute Gasteiger partial charge is 0.461 e. The Balaban J connectivity index is 3.62. The van der Waals surface area contributed by atoms with Gasteiger partial charge in [-0.3, -0.25) is 4.18 Å². The minimum absolute atomic E-state index is 0.0379. The molecule has 1 amide bonds. The molecule has 14 heteroatoms. The van der Waals surface area contributed by atoms with Gasteiger partial charge in [0.15, 0.2) is 0 Å². The SMILES string of the molecule is C=CC(=O)OCCNC(=O)OCCOCCOS(=O)(=O)NS(C)(=O)=O. The van der Waals surface area contributed by atoms with E-state index in [4.69, 9.17) is 9.47 Å². The van der Waals surface area contributed by atoms with Crippen molar-refractivity contribution < 1.29 is 44.8 Å². The molecule has 12 nitrogen and oxygen atoms in total. The molecule has 0 saturated carbocycles. The summed E-state index contributed by atoms with van der Waals surface area (Å²) in [5, 5.41) is 2.31. The summed E-state index contributed by atoms with van der Waals surface area (Å²) in [4.78, 5) is 21.9. The minimum Gasteiger partial charge on any atom is -0.461 e. The highest BCUT2D eigenvalue weighted by atomic mass is 32.3. The Hall–Kier alpha value is -1.74. The summed E-state index contributed by atoms with van der Waals surface area (Å²) in [5.74, 6) is -0.612. The summed E-state index contributed by atoms with van der Waals surface area (Å²) in [6, 6.07) is 0. The van der Waals surface area contributed by atoms with Crippen LogP contribution in [0.3, 0.4) is 0 Å². The zero-order valence-corrected chi connectivity index (χ0v) is 15.1. The molecule has 0 aliphatic carbocycles. The molecule has 0 rings (SSSR count). The fourth-order valence-electron chi connectivity index (χ4n) is 1.12. The Morgan fingerprint density at radius 1 is 1.00 bits per heavy atom. The first kappa shape index (κ1) is 23.3. The number of ether oxygens (including phenoxy) is 3. The molecule has 0 aliphatic rings. The summed E-state index contributed by atoms with van der Waals surface area (Å²) in [6.45, 7) is 2.46. The van der Waals surface area contributed by atoms with Crippen molar-refractivity contribution in [2.24, 2.45) is 0 Å². The average Bonchev–Trinajstić information content (AvgIpc) is 2.47. The van der Waals surface area contributed by atoms with Gasteiger partial charge in [0, 0.05) is 6.08 Å². The van der Waals surface area contributed by atoms with Crippen LogP contribution in [0.5, 0.6) is 0 Å². The third-order valence-electron chi connectivity index (χ3n) is 1.96. The predicted molar refractivity (Wildman–Crippen MR) is 84.2 cm³/mol. The van der Waals surface area contributed by atoms with E-state index >= 15 is 0 Å². The summed E-state index contributed by atoms with van der Waals surface area (Å²) in [6.07, 6.45) is 0.896. The topological polar surface area (TPSA) is 163 Å². The lowest BCUT2D eigenvalue weighted by Gasteiger charge is -2.08. The third kappa shape index (κ3) is 15.5. The van der Waals surface area contributed by atoms with E-state index in [1.54, 1.807) is 0 Å². The van der Waals surface area contributed by atoms with Crippen molar-refractivity contribution in [1.29, 1.82) is 0 Å². The maximum absolute atomic E-state index is 11.2. The van der Waals surface area contributed by atoms with Gasteiger partial charge in [0.25, 0.3) is 0 Å². The Bertz CT molecular complexity index is 644. The van der Waals surface area contributed by atoms with Crippen LogP contribution in [0.25, 0.3) is 0 Å². The second-order valence-electron chi connectivity index (χ2n) is 4.18. The first-order chi connectivity index (χ1) is 11.6. The molecule has 0 aromatic carbocycles. The number of carbonyl (C=O) groups excluding carboxylic acids is 2. The lowest BCUT2D eigenvalue weighted by atomic mass is 10.6. The number of esters is 1. The number of amides is 1. The highest BCUT2D eigenvalue weighted by Crippen LogP contribution is 1.91.